The quantitative estimate of drug-likeness (QED) is 0.772. The second kappa shape index (κ2) is 11.6. The highest BCUT2D eigenvalue weighted by Crippen LogP contribution is 2.33. The van der Waals surface area contributed by atoms with Crippen molar-refractivity contribution < 1.29 is 14.3 Å². The number of amides is 1. The number of hydrogen-bond acceptors (Lipinski definition) is 5. The Bertz CT molecular complexity index is 610. The van der Waals surface area contributed by atoms with Crippen molar-refractivity contribution in [3.63, 3.8) is 0 Å². The molecule has 3 rings (SSSR count). The number of carbonyl (C=O) groups is 1. The summed E-state index contributed by atoms with van der Waals surface area (Å²) in [7, 11) is 3.33. The number of ether oxygens (including phenoxy) is 2. The predicted octanol–water partition coefficient (Wildman–Crippen LogP) is 2.96. The third-order valence-electron chi connectivity index (χ3n) is 5.79. The Morgan fingerprint density at radius 1 is 1.00 bits per heavy atom. The largest absolute Gasteiger partial charge is 0.497 e. The molecule has 6 nitrogen and oxygen atoms in total. The van der Waals surface area contributed by atoms with E-state index in [1.165, 1.54) is 0 Å². The maximum absolute atomic E-state index is 13.0. The van der Waals surface area contributed by atoms with Crippen LogP contribution < -0.4 is 20.1 Å². The number of halogens is 2. The first kappa shape index (κ1) is 24.7. The summed E-state index contributed by atoms with van der Waals surface area (Å²) >= 11 is 0. The summed E-state index contributed by atoms with van der Waals surface area (Å²) in [6.45, 7) is 3.95. The van der Waals surface area contributed by atoms with E-state index in [0.29, 0.717) is 18.4 Å². The molecule has 2 fully saturated rings. The summed E-state index contributed by atoms with van der Waals surface area (Å²) in [5, 5.41) is 0. The molecule has 8 heteroatoms. The van der Waals surface area contributed by atoms with E-state index < -0.39 is 0 Å². The van der Waals surface area contributed by atoms with E-state index in [2.05, 4.69) is 9.80 Å². The number of nitrogens with zero attached hydrogens (tertiary/aromatic N) is 2. The van der Waals surface area contributed by atoms with Gasteiger partial charge in [0.25, 0.3) is 0 Å². The molecule has 1 saturated carbocycles. The van der Waals surface area contributed by atoms with Crippen molar-refractivity contribution >= 4 is 36.4 Å². The topological polar surface area (TPSA) is 68.0 Å². The smallest absolute Gasteiger partial charge is 0.226 e. The van der Waals surface area contributed by atoms with Gasteiger partial charge in [-0.2, -0.15) is 0 Å². The Balaban J connectivity index is 0.00000196. The molecule has 1 heterocycles. The van der Waals surface area contributed by atoms with Gasteiger partial charge in [0.05, 0.1) is 14.2 Å². The van der Waals surface area contributed by atoms with Crippen molar-refractivity contribution in [3.05, 3.63) is 18.2 Å². The summed E-state index contributed by atoms with van der Waals surface area (Å²) in [6.07, 6.45) is 4.18. The molecule has 2 atom stereocenters. The van der Waals surface area contributed by atoms with Gasteiger partial charge in [-0.3, -0.25) is 4.79 Å². The Labute approximate surface area is 180 Å². The lowest BCUT2D eigenvalue weighted by Crippen LogP contribution is -2.41. The lowest BCUT2D eigenvalue weighted by Gasteiger charge is -2.27. The lowest BCUT2D eigenvalue weighted by molar-refractivity contribution is -0.136. The van der Waals surface area contributed by atoms with Gasteiger partial charge in [0, 0.05) is 56.0 Å². The number of rotatable bonds is 5. The predicted molar refractivity (Wildman–Crippen MR) is 117 cm³/mol. The number of carbonyl (C=O) groups excluding carboxylic acids is 1. The maximum Gasteiger partial charge on any atom is 0.226 e. The first-order valence-electron chi connectivity index (χ1n) is 9.63. The van der Waals surface area contributed by atoms with Gasteiger partial charge >= 0.3 is 0 Å². The van der Waals surface area contributed by atoms with Crippen molar-refractivity contribution in [1.29, 1.82) is 0 Å². The highest BCUT2D eigenvalue weighted by atomic mass is 35.5. The maximum atomic E-state index is 13.0. The van der Waals surface area contributed by atoms with Gasteiger partial charge in [-0.1, -0.05) is 6.42 Å². The Hall–Kier alpha value is -1.37. The minimum atomic E-state index is 0. The molecule has 1 amide bonds. The van der Waals surface area contributed by atoms with Crippen LogP contribution in [-0.4, -0.2) is 57.8 Å². The van der Waals surface area contributed by atoms with Gasteiger partial charge in [0.1, 0.15) is 11.5 Å². The van der Waals surface area contributed by atoms with Gasteiger partial charge in [-0.15, -0.1) is 24.8 Å². The SMILES string of the molecule is COc1cc(OC)cc(N2CCCN(C(=O)[C@@H]3CCC[C@@H]3CN)CC2)c1.Cl.Cl. The van der Waals surface area contributed by atoms with Crippen molar-refractivity contribution in [2.75, 3.05) is 51.8 Å². The van der Waals surface area contributed by atoms with Crippen LogP contribution in [0.4, 0.5) is 5.69 Å². The standard InChI is InChI=1S/C20H31N3O3.2ClH/c1-25-17-11-16(12-18(13-17)26-2)22-7-4-8-23(10-9-22)20(24)19-6-3-5-15(19)14-21;;/h11-13,15,19H,3-10,14,21H2,1-2H3;2*1H/t15-,19-;;/m1../s1. The van der Waals surface area contributed by atoms with E-state index in [9.17, 15) is 4.79 Å². The van der Waals surface area contributed by atoms with E-state index in [1.54, 1.807) is 14.2 Å². The molecule has 2 aliphatic rings. The van der Waals surface area contributed by atoms with Crippen LogP contribution in [-0.2, 0) is 4.79 Å². The third kappa shape index (κ3) is 5.58. The molecule has 1 aromatic carbocycles. The zero-order valence-corrected chi connectivity index (χ0v) is 18.4. The molecule has 1 aromatic rings. The van der Waals surface area contributed by atoms with Gasteiger partial charge in [-0.25, -0.2) is 0 Å². The molecular formula is C20H33Cl2N3O3. The van der Waals surface area contributed by atoms with Crippen molar-refractivity contribution in [3.8, 4) is 11.5 Å². The zero-order chi connectivity index (χ0) is 18.5. The minimum Gasteiger partial charge on any atom is -0.497 e. The fraction of sp³-hybridized carbons (Fsp3) is 0.650. The molecule has 2 N–H and O–H groups in total. The molecule has 0 aromatic heterocycles. The van der Waals surface area contributed by atoms with Crippen LogP contribution in [0.5, 0.6) is 11.5 Å². The molecule has 0 radical (unpaired) electrons. The van der Waals surface area contributed by atoms with Crippen molar-refractivity contribution in [1.82, 2.24) is 4.90 Å². The first-order chi connectivity index (χ1) is 12.7. The molecule has 28 heavy (non-hydrogen) atoms. The first-order valence-corrected chi connectivity index (χ1v) is 9.63. The van der Waals surface area contributed by atoms with Crippen LogP contribution in [0.15, 0.2) is 18.2 Å². The normalized spacial score (nSPS) is 22.0. The average Bonchev–Trinajstić information content (AvgIpc) is 3.02. The fourth-order valence-electron chi connectivity index (χ4n) is 4.25. The number of benzene rings is 1. The van der Waals surface area contributed by atoms with Gasteiger partial charge in [0.2, 0.25) is 5.91 Å². The average molecular weight is 434 g/mol. The molecule has 0 spiro atoms. The summed E-state index contributed by atoms with van der Waals surface area (Å²) in [6, 6.07) is 5.94. The van der Waals surface area contributed by atoms with Crippen LogP contribution in [0.1, 0.15) is 25.7 Å². The highest BCUT2D eigenvalue weighted by molar-refractivity contribution is 5.85. The van der Waals surface area contributed by atoms with E-state index in [-0.39, 0.29) is 30.7 Å². The van der Waals surface area contributed by atoms with E-state index in [4.69, 9.17) is 15.2 Å². The summed E-state index contributed by atoms with van der Waals surface area (Å²) < 4.78 is 10.8. The highest BCUT2D eigenvalue weighted by Gasteiger charge is 2.35. The number of anilines is 1. The monoisotopic (exact) mass is 433 g/mol. The number of methoxy groups -OCH3 is 2. The van der Waals surface area contributed by atoms with Gasteiger partial charge in [-0.05, 0) is 31.7 Å². The molecule has 1 saturated heterocycles. The molecule has 0 bridgehead atoms. The molecule has 1 aliphatic heterocycles. The van der Waals surface area contributed by atoms with E-state index >= 15 is 0 Å². The number of nitrogens with two attached hydrogens (primary N) is 1. The van der Waals surface area contributed by atoms with Gasteiger partial charge in [0.15, 0.2) is 0 Å². The second-order valence-corrected chi connectivity index (χ2v) is 7.27. The van der Waals surface area contributed by atoms with Crippen LogP contribution in [0.25, 0.3) is 0 Å². The van der Waals surface area contributed by atoms with E-state index in [1.807, 2.05) is 18.2 Å². The molecule has 0 unspecified atom stereocenters. The third-order valence-corrected chi connectivity index (χ3v) is 5.79. The Morgan fingerprint density at radius 3 is 2.29 bits per heavy atom. The Kier molecular flexibility index (Phi) is 10.2. The summed E-state index contributed by atoms with van der Waals surface area (Å²) in [4.78, 5) is 17.3. The lowest BCUT2D eigenvalue weighted by atomic mass is 9.94. The minimum absolute atomic E-state index is 0. The summed E-state index contributed by atoms with van der Waals surface area (Å²) in [5.41, 5.74) is 6.95. The van der Waals surface area contributed by atoms with Crippen molar-refractivity contribution in [2.24, 2.45) is 17.6 Å². The number of hydrogen-bond donors (Lipinski definition) is 1. The van der Waals surface area contributed by atoms with Crippen LogP contribution in [0, 0.1) is 11.8 Å². The Morgan fingerprint density at radius 2 is 1.68 bits per heavy atom. The summed E-state index contributed by atoms with van der Waals surface area (Å²) in [5.74, 6) is 2.37. The zero-order valence-electron chi connectivity index (χ0n) is 16.8. The van der Waals surface area contributed by atoms with Gasteiger partial charge < -0.3 is 25.0 Å². The van der Waals surface area contributed by atoms with E-state index in [0.717, 1.165) is 69.0 Å². The van der Waals surface area contributed by atoms with Crippen molar-refractivity contribution in [2.45, 2.75) is 25.7 Å². The molecule has 1 aliphatic carbocycles. The van der Waals surface area contributed by atoms with Crippen LogP contribution >= 0.6 is 24.8 Å². The van der Waals surface area contributed by atoms with Crippen LogP contribution in [0.2, 0.25) is 0 Å². The fourth-order valence-corrected chi connectivity index (χ4v) is 4.25. The second-order valence-electron chi connectivity index (χ2n) is 7.27. The van der Waals surface area contributed by atoms with Crippen LogP contribution in [0.3, 0.4) is 0 Å². The molecule has 160 valence electrons. The molecular weight excluding hydrogens is 401 g/mol.